The van der Waals surface area contributed by atoms with E-state index < -0.39 is 23.3 Å². The third-order valence-corrected chi connectivity index (χ3v) is 2.68. The zero-order valence-corrected chi connectivity index (χ0v) is 10.1. The molecule has 0 radical (unpaired) electrons. The van der Waals surface area contributed by atoms with Crippen molar-refractivity contribution in [2.75, 3.05) is 6.54 Å². The summed E-state index contributed by atoms with van der Waals surface area (Å²) in [6, 6.07) is -0.553. The molecule has 1 saturated carbocycles. The number of nitrogens with one attached hydrogen (secondary N) is 2. The molecule has 96 valence electrons. The Hall–Kier alpha value is -1.59. The van der Waals surface area contributed by atoms with Crippen LogP contribution >= 0.6 is 0 Å². The Balaban J connectivity index is 2.27. The SMILES string of the molecule is CC(C)(CC(=O)NC(=O)NCC1CC1)C(=O)O. The Bertz CT molecular complexity index is 334. The number of carboxylic acid groups (broad SMARTS) is 1. The summed E-state index contributed by atoms with van der Waals surface area (Å²) in [6.07, 6.45) is 2.00. The predicted octanol–water partition coefficient (Wildman–Crippen LogP) is 0.723. The van der Waals surface area contributed by atoms with Crippen LogP contribution < -0.4 is 10.6 Å². The van der Waals surface area contributed by atoms with Gasteiger partial charge < -0.3 is 10.4 Å². The summed E-state index contributed by atoms with van der Waals surface area (Å²) in [5, 5.41) is 13.5. The van der Waals surface area contributed by atoms with Crippen molar-refractivity contribution in [1.82, 2.24) is 10.6 Å². The van der Waals surface area contributed by atoms with E-state index >= 15 is 0 Å². The lowest BCUT2D eigenvalue weighted by Gasteiger charge is -2.17. The lowest BCUT2D eigenvalue weighted by atomic mass is 9.89. The van der Waals surface area contributed by atoms with Gasteiger partial charge in [-0.25, -0.2) is 4.79 Å². The van der Waals surface area contributed by atoms with Crippen molar-refractivity contribution in [3.63, 3.8) is 0 Å². The number of carbonyl (C=O) groups is 3. The molecule has 0 heterocycles. The van der Waals surface area contributed by atoms with Gasteiger partial charge in [0.2, 0.25) is 5.91 Å². The van der Waals surface area contributed by atoms with Gasteiger partial charge in [-0.15, -0.1) is 0 Å². The van der Waals surface area contributed by atoms with Gasteiger partial charge in [-0.3, -0.25) is 14.9 Å². The number of hydrogen-bond donors (Lipinski definition) is 3. The van der Waals surface area contributed by atoms with Crippen LogP contribution in [0.25, 0.3) is 0 Å². The van der Waals surface area contributed by atoms with Crippen LogP contribution in [0.2, 0.25) is 0 Å². The van der Waals surface area contributed by atoms with E-state index in [4.69, 9.17) is 5.11 Å². The van der Waals surface area contributed by atoms with Crippen LogP contribution in [0.5, 0.6) is 0 Å². The van der Waals surface area contributed by atoms with Crippen LogP contribution in [0, 0.1) is 11.3 Å². The number of urea groups is 1. The van der Waals surface area contributed by atoms with Crippen molar-refractivity contribution in [3.8, 4) is 0 Å². The Morgan fingerprint density at radius 3 is 2.35 bits per heavy atom. The van der Waals surface area contributed by atoms with Crippen LogP contribution in [0.1, 0.15) is 33.1 Å². The number of amides is 3. The molecule has 6 heteroatoms. The molecule has 0 aromatic heterocycles. The first-order valence-electron chi connectivity index (χ1n) is 5.62. The molecular formula is C11H18N2O4. The lowest BCUT2D eigenvalue weighted by molar-refractivity contribution is -0.149. The molecule has 0 atom stereocenters. The third kappa shape index (κ3) is 4.84. The molecule has 0 bridgehead atoms. The molecule has 3 N–H and O–H groups in total. The standard InChI is InChI=1S/C11H18N2O4/c1-11(2,9(15)16)5-8(14)13-10(17)12-6-7-3-4-7/h7H,3-6H2,1-2H3,(H,15,16)(H2,12,13,14,17). The van der Waals surface area contributed by atoms with Gasteiger partial charge >= 0.3 is 12.0 Å². The first-order valence-corrected chi connectivity index (χ1v) is 5.62. The van der Waals surface area contributed by atoms with Crippen LogP contribution in [0.4, 0.5) is 4.79 Å². The Morgan fingerprint density at radius 2 is 1.88 bits per heavy atom. The third-order valence-electron chi connectivity index (χ3n) is 2.68. The highest BCUT2D eigenvalue weighted by Crippen LogP contribution is 2.27. The number of carbonyl (C=O) groups excluding carboxylic acids is 2. The lowest BCUT2D eigenvalue weighted by Crippen LogP contribution is -2.42. The van der Waals surface area contributed by atoms with E-state index in [-0.39, 0.29) is 6.42 Å². The minimum absolute atomic E-state index is 0.223. The summed E-state index contributed by atoms with van der Waals surface area (Å²) >= 11 is 0. The first-order chi connectivity index (χ1) is 7.81. The number of hydrogen-bond acceptors (Lipinski definition) is 3. The summed E-state index contributed by atoms with van der Waals surface area (Å²) in [5.41, 5.74) is -1.17. The van der Waals surface area contributed by atoms with Crippen LogP contribution in [-0.4, -0.2) is 29.6 Å². The van der Waals surface area contributed by atoms with Crippen LogP contribution in [-0.2, 0) is 9.59 Å². The Labute approximate surface area is 99.8 Å². The van der Waals surface area contributed by atoms with Gasteiger partial charge in [-0.2, -0.15) is 0 Å². The van der Waals surface area contributed by atoms with Crippen molar-refractivity contribution >= 4 is 17.9 Å². The Morgan fingerprint density at radius 1 is 1.29 bits per heavy atom. The maximum atomic E-state index is 11.4. The number of imide groups is 1. The molecule has 0 aromatic rings. The summed E-state index contributed by atoms with van der Waals surface area (Å²) < 4.78 is 0. The van der Waals surface area contributed by atoms with E-state index in [1.54, 1.807) is 0 Å². The molecule has 1 rings (SSSR count). The highest BCUT2D eigenvalue weighted by Gasteiger charge is 2.30. The minimum Gasteiger partial charge on any atom is -0.481 e. The summed E-state index contributed by atoms with van der Waals surface area (Å²) in [6.45, 7) is 3.45. The summed E-state index contributed by atoms with van der Waals surface area (Å²) in [5.74, 6) is -1.11. The monoisotopic (exact) mass is 242 g/mol. The minimum atomic E-state index is -1.17. The van der Waals surface area contributed by atoms with Gasteiger partial charge in [0.25, 0.3) is 0 Å². The van der Waals surface area contributed by atoms with Crippen LogP contribution in [0.15, 0.2) is 0 Å². The molecule has 0 aromatic carbocycles. The van der Waals surface area contributed by atoms with Crippen molar-refractivity contribution < 1.29 is 19.5 Å². The number of carboxylic acids is 1. The highest BCUT2D eigenvalue weighted by molar-refractivity contribution is 5.96. The maximum absolute atomic E-state index is 11.4. The molecule has 0 spiro atoms. The predicted molar refractivity (Wildman–Crippen MR) is 60.3 cm³/mol. The summed E-state index contributed by atoms with van der Waals surface area (Å²) in [7, 11) is 0. The summed E-state index contributed by atoms with van der Waals surface area (Å²) in [4.78, 5) is 33.4. The largest absolute Gasteiger partial charge is 0.481 e. The second-order valence-corrected chi connectivity index (χ2v) is 5.07. The highest BCUT2D eigenvalue weighted by atomic mass is 16.4. The fraction of sp³-hybridized carbons (Fsp3) is 0.727. The average Bonchev–Trinajstić information content (AvgIpc) is 2.96. The zero-order valence-electron chi connectivity index (χ0n) is 10.1. The second kappa shape index (κ2) is 5.16. The quantitative estimate of drug-likeness (QED) is 0.662. The van der Waals surface area contributed by atoms with Gasteiger partial charge in [0.15, 0.2) is 0 Å². The molecule has 6 nitrogen and oxygen atoms in total. The van der Waals surface area contributed by atoms with Gasteiger partial charge in [0.05, 0.1) is 5.41 Å². The van der Waals surface area contributed by atoms with Crippen molar-refractivity contribution in [2.45, 2.75) is 33.1 Å². The van der Waals surface area contributed by atoms with E-state index in [2.05, 4.69) is 10.6 Å². The van der Waals surface area contributed by atoms with Crippen molar-refractivity contribution in [3.05, 3.63) is 0 Å². The molecular weight excluding hydrogens is 224 g/mol. The smallest absolute Gasteiger partial charge is 0.321 e. The van der Waals surface area contributed by atoms with Crippen LogP contribution in [0.3, 0.4) is 0 Å². The van der Waals surface area contributed by atoms with Crippen molar-refractivity contribution in [2.24, 2.45) is 11.3 Å². The molecule has 0 unspecified atom stereocenters. The molecule has 0 saturated heterocycles. The van der Waals surface area contributed by atoms with E-state index in [0.29, 0.717) is 12.5 Å². The van der Waals surface area contributed by atoms with Gasteiger partial charge in [0, 0.05) is 13.0 Å². The molecule has 1 fully saturated rings. The van der Waals surface area contributed by atoms with Crippen molar-refractivity contribution in [1.29, 1.82) is 0 Å². The number of rotatable bonds is 5. The maximum Gasteiger partial charge on any atom is 0.321 e. The fourth-order valence-corrected chi connectivity index (χ4v) is 1.25. The second-order valence-electron chi connectivity index (χ2n) is 5.07. The fourth-order valence-electron chi connectivity index (χ4n) is 1.25. The Kier molecular flexibility index (Phi) is 4.09. The van der Waals surface area contributed by atoms with Gasteiger partial charge in [0.1, 0.15) is 0 Å². The normalized spacial score (nSPS) is 15.2. The molecule has 1 aliphatic carbocycles. The number of aliphatic carboxylic acids is 1. The van der Waals surface area contributed by atoms with E-state index in [0.717, 1.165) is 12.8 Å². The topological polar surface area (TPSA) is 95.5 Å². The molecule has 0 aliphatic heterocycles. The van der Waals surface area contributed by atoms with E-state index in [1.165, 1.54) is 13.8 Å². The van der Waals surface area contributed by atoms with E-state index in [9.17, 15) is 14.4 Å². The molecule has 17 heavy (non-hydrogen) atoms. The first kappa shape index (κ1) is 13.5. The van der Waals surface area contributed by atoms with Gasteiger partial charge in [-0.05, 0) is 32.6 Å². The van der Waals surface area contributed by atoms with E-state index in [1.807, 2.05) is 0 Å². The van der Waals surface area contributed by atoms with Gasteiger partial charge in [-0.1, -0.05) is 0 Å². The average molecular weight is 242 g/mol. The molecule has 1 aliphatic rings. The zero-order chi connectivity index (χ0) is 13.1. The molecule has 3 amide bonds.